The molecule has 3 aromatic rings. The van der Waals surface area contributed by atoms with Crippen molar-refractivity contribution in [3.05, 3.63) is 70.7 Å². The van der Waals surface area contributed by atoms with E-state index in [1.165, 1.54) is 6.07 Å². The molecular weight excluding hydrogens is 242 g/mol. The number of nitro benzene ring substituents is 1. The van der Waals surface area contributed by atoms with Crippen molar-refractivity contribution in [3.8, 4) is 0 Å². The molecule has 5 nitrogen and oxygen atoms in total. The number of nitrogens with zero attached hydrogens (tertiary/aromatic N) is 2. The van der Waals surface area contributed by atoms with Crippen LogP contribution in [0.1, 0.15) is 5.69 Å². The van der Waals surface area contributed by atoms with Gasteiger partial charge in [0.2, 0.25) is 0 Å². The lowest BCUT2D eigenvalue weighted by Crippen LogP contribution is -2.32. The molecule has 19 heavy (non-hydrogen) atoms. The van der Waals surface area contributed by atoms with Crippen LogP contribution in [0.25, 0.3) is 10.9 Å². The van der Waals surface area contributed by atoms with Crippen molar-refractivity contribution in [2.24, 2.45) is 0 Å². The fourth-order valence-corrected chi connectivity index (χ4v) is 2.12. The van der Waals surface area contributed by atoms with E-state index >= 15 is 0 Å². The molecule has 3 rings (SSSR count). The number of benzene rings is 1. The molecule has 0 bridgehead atoms. The van der Waals surface area contributed by atoms with Gasteiger partial charge in [-0.05, 0) is 12.1 Å². The van der Waals surface area contributed by atoms with E-state index in [-0.39, 0.29) is 10.6 Å². The number of aromatic nitrogens is 2. The number of pyridine rings is 1. The number of nitrogens with one attached hydrogen (secondary N) is 1. The molecule has 2 heterocycles. The maximum absolute atomic E-state index is 10.7. The second-order valence-electron chi connectivity index (χ2n) is 4.37. The minimum atomic E-state index is -0.377. The van der Waals surface area contributed by atoms with E-state index in [0.29, 0.717) is 6.54 Å². The van der Waals surface area contributed by atoms with Gasteiger partial charge in [-0.25, -0.2) is 0 Å². The van der Waals surface area contributed by atoms with E-state index in [1.54, 1.807) is 12.1 Å². The molecule has 0 radical (unpaired) electrons. The largest absolute Gasteiger partial charge is 0.353 e. The summed E-state index contributed by atoms with van der Waals surface area (Å²) in [4.78, 5) is 13.6. The number of fused-ring (bicyclic) bond motifs is 1. The van der Waals surface area contributed by atoms with Gasteiger partial charge in [0.15, 0.2) is 18.9 Å². The number of H-pyrrole nitrogens is 1. The number of hydrogen-bond donors (Lipinski definition) is 1. The number of rotatable bonds is 3. The van der Waals surface area contributed by atoms with Crippen molar-refractivity contribution in [1.29, 1.82) is 0 Å². The zero-order valence-corrected chi connectivity index (χ0v) is 10.1. The topological polar surface area (TPSA) is 62.8 Å². The van der Waals surface area contributed by atoms with Crippen LogP contribution in [0.5, 0.6) is 0 Å². The van der Waals surface area contributed by atoms with Gasteiger partial charge in [0.05, 0.1) is 10.6 Å². The van der Waals surface area contributed by atoms with Crippen molar-refractivity contribution in [1.82, 2.24) is 4.98 Å². The summed E-state index contributed by atoms with van der Waals surface area (Å²) < 4.78 is 2.04. The van der Waals surface area contributed by atoms with E-state index in [0.717, 1.165) is 16.6 Å². The number of nitro groups is 1. The predicted octanol–water partition coefficient (Wildman–Crippen LogP) is 2.41. The van der Waals surface area contributed by atoms with Crippen LogP contribution in [0.2, 0.25) is 0 Å². The second kappa shape index (κ2) is 4.53. The summed E-state index contributed by atoms with van der Waals surface area (Å²) in [6, 6.07) is 12.7. The molecule has 0 saturated heterocycles. The Morgan fingerprint density at radius 1 is 1.16 bits per heavy atom. The van der Waals surface area contributed by atoms with Crippen molar-refractivity contribution in [2.75, 3.05) is 0 Å². The summed E-state index contributed by atoms with van der Waals surface area (Å²) in [6.07, 6.45) is 3.96. The third kappa shape index (κ3) is 2.30. The first-order valence-electron chi connectivity index (χ1n) is 5.92. The van der Waals surface area contributed by atoms with E-state index in [4.69, 9.17) is 0 Å². The van der Waals surface area contributed by atoms with Crippen molar-refractivity contribution in [3.63, 3.8) is 0 Å². The van der Waals surface area contributed by atoms with Crippen LogP contribution in [0.3, 0.4) is 0 Å². The number of aromatic amines is 1. The van der Waals surface area contributed by atoms with Crippen molar-refractivity contribution < 1.29 is 9.49 Å². The first-order chi connectivity index (χ1) is 9.22. The maximum Gasteiger partial charge on any atom is 0.270 e. The van der Waals surface area contributed by atoms with Crippen LogP contribution in [-0.4, -0.2) is 9.91 Å². The Kier molecular flexibility index (Phi) is 2.72. The zero-order valence-electron chi connectivity index (χ0n) is 10.1. The Labute approximate surface area is 109 Å². The highest BCUT2D eigenvalue weighted by atomic mass is 16.6. The molecule has 0 fully saturated rings. The molecule has 2 aromatic heterocycles. The Balaban J connectivity index is 1.95. The third-order valence-corrected chi connectivity index (χ3v) is 3.00. The highest BCUT2D eigenvalue weighted by molar-refractivity contribution is 5.82. The highest BCUT2D eigenvalue weighted by Crippen LogP contribution is 2.21. The van der Waals surface area contributed by atoms with E-state index in [9.17, 15) is 10.1 Å². The first-order valence-corrected chi connectivity index (χ1v) is 5.92. The van der Waals surface area contributed by atoms with Gasteiger partial charge in [-0.1, -0.05) is 6.07 Å². The van der Waals surface area contributed by atoms with Gasteiger partial charge in [-0.2, -0.15) is 4.57 Å². The molecule has 0 saturated carbocycles. The average molecular weight is 254 g/mol. The molecule has 0 aliphatic heterocycles. The van der Waals surface area contributed by atoms with Crippen LogP contribution >= 0.6 is 0 Å². The van der Waals surface area contributed by atoms with Gasteiger partial charge >= 0.3 is 0 Å². The highest BCUT2D eigenvalue weighted by Gasteiger charge is 2.10. The van der Waals surface area contributed by atoms with Gasteiger partial charge < -0.3 is 4.98 Å². The number of non-ortho nitro benzene ring substituents is 1. The molecular formula is C14H12N3O2+. The van der Waals surface area contributed by atoms with Gasteiger partial charge in [0.25, 0.3) is 5.69 Å². The second-order valence-corrected chi connectivity index (χ2v) is 4.37. The summed E-state index contributed by atoms with van der Waals surface area (Å²) in [5, 5.41) is 11.6. The Bertz CT molecular complexity index is 735. The molecule has 94 valence electrons. The van der Waals surface area contributed by atoms with Crippen LogP contribution in [0.4, 0.5) is 5.69 Å². The monoisotopic (exact) mass is 254 g/mol. The Morgan fingerprint density at radius 3 is 2.68 bits per heavy atom. The molecule has 0 spiro atoms. The average Bonchev–Trinajstić information content (AvgIpc) is 2.80. The van der Waals surface area contributed by atoms with Gasteiger partial charge in [0, 0.05) is 35.2 Å². The fraction of sp³-hybridized carbons (Fsp3) is 0.0714. The van der Waals surface area contributed by atoms with E-state index < -0.39 is 0 Å². The standard InChI is InChI=1S/C14H12N3O2/c18-17(19)13-4-5-14-11(9-13)8-12(15-14)10-16-6-2-1-3-7-16/h1-9,15H,10H2/q+1. The lowest BCUT2D eigenvalue weighted by Gasteiger charge is -1.92. The molecule has 0 atom stereocenters. The van der Waals surface area contributed by atoms with Crippen LogP contribution in [-0.2, 0) is 6.54 Å². The molecule has 5 heteroatoms. The zero-order chi connectivity index (χ0) is 13.2. The van der Waals surface area contributed by atoms with Gasteiger partial charge in [0.1, 0.15) is 0 Å². The number of hydrogen-bond acceptors (Lipinski definition) is 2. The Morgan fingerprint density at radius 2 is 1.95 bits per heavy atom. The molecule has 0 aliphatic rings. The lowest BCUT2D eigenvalue weighted by molar-refractivity contribution is -0.688. The van der Waals surface area contributed by atoms with Gasteiger partial charge in [-0.3, -0.25) is 10.1 Å². The van der Waals surface area contributed by atoms with Crippen molar-refractivity contribution >= 4 is 16.6 Å². The predicted molar refractivity (Wildman–Crippen MR) is 70.7 cm³/mol. The summed E-state index contributed by atoms with van der Waals surface area (Å²) in [7, 11) is 0. The molecule has 0 aliphatic carbocycles. The third-order valence-electron chi connectivity index (χ3n) is 3.00. The molecule has 0 amide bonds. The normalized spacial score (nSPS) is 10.7. The van der Waals surface area contributed by atoms with E-state index in [1.807, 2.05) is 41.2 Å². The minimum absolute atomic E-state index is 0.116. The smallest absolute Gasteiger partial charge is 0.270 e. The SMILES string of the molecule is O=[N+]([O-])c1ccc2[nH]c(C[n+]3ccccc3)cc2c1. The first kappa shape index (κ1) is 11.4. The quantitative estimate of drug-likeness (QED) is 0.443. The van der Waals surface area contributed by atoms with Crippen LogP contribution in [0, 0.1) is 10.1 Å². The van der Waals surface area contributed by atoms with E-state index in [2.05, 4.69) is 4.98 Å². The fourth-order valence-electron chi connectivity index (χ4n) is 2.12. The maximum atomic E-state index is 10.7. The van der Waals surface area contributed by atoms with Crippen molar-refractivity contribution in [2.45, 2.75) is 6.54 Å². The molecule has 0 unspecified atom stereocenters. The summed E-state index contributed by atoms with van der Waals surface area (Å²) >= 11 is 0. The summed E-state index contributed by atoms with van der Waals surface area (Å²) in [6.45, 7) is 0.712. The minimum Gasteiger partial charge on any atom is -0.353 e. The van der Waals surface area contributed by atoms with Crippen LogP contribution in [0.15, 0.2) is 54.9 Å². The van der Waals surface area contributed by atoms with Crippen LogP contribution < -0.4 is 4.57 Å². The van der Waals surface area contributed by atoms with Gasteiger partial charge in [-0.15, -0.1) is 0 Å². The summed E-state index contributed by atoms with van der Waals surface area (Å²) in [5.74, 6) is 0. The molecule has 1 aromatic carbocycles. The Hall–Kier alpha value is -2.69. The summed E-state index contributed by atoms with van der Waals surface area (Å²) in [5.41, 5.74) is 2.05. The molecule has 1 N–H and O–H groups in total. The lowest BCUT2D eigenvalue weighted by atomic mass is 10.2.